The van der Waals surface area contributed by atoms with Gasteiger partial charge in [-0.15, -0.1) is 0 Å². The van der Waals surface area contributed by atoms with Gasteiger partial charge in [-0.25, -0.2) is 23.5 Å². The van der Waals surface area contributed by atoms with E-state index in [2.05, 4.69) is 25.3 Å². The summed E-state index contributed by atoms with van der Waals surface area (Å²) in [5.74, 6) is -1.40. The fourth-order valence-corrected chi connectivity index (χ4v) is 4.31. The Hall–Kier alpha value is -5.40. The highest BCUT2D eigenvalue weighted by Gasteiger charge is 2.22. The van der Waals surface area contributed by atoms with Crippen LogP contribution in [0.25, 0.3) is 11.0 Å². The molecule has 2 N–H and O–H groups in total. The maximum absolute atomic E-state index is 14.0. The molecule has 0 saturated carbocycles. The molecule has 2 aromatic heterocycles. The standard InChI is InChI=1S/C30H31F2N7O5/c1-37(2)27(40)7-5-4-6-22(36-30(43)44-3)28(41)35-24-15-33-18-38(29(24)42)17-26-34-23-14-21(32)12-13-25(23)39(26)16-19-8-10-20(31)11-9-19/h5,7-15,18,22H,4,6,16-17H2,1-3H3,(H,35,41)(H,36,43)/b7-5+. The van der Waals surface area contributed by atoms with Crippen molar-refractivity contribution in [3.63, 3.8) is 0 Å². The summed E-state index contributed by atoms with van der Waals surface area (Å²) in [6.07, 6.45) is 4.90. The highest BCUT2D eigenvalue weighted by molar-refractivity contribution is 5.96. The predicted molar refractivity (Wildman–Crippen MR) is 158 cm³/mol. The smallest absolute Gasteiger partial charge is 0.407 e. The van der Waals surface area contributed by atoms with Crippen molar-refractivity contribution >= 4 is 34.6 Å². The molecule has 0 radical (unpaired) electrons. The highest BCUT2D eigenvalue weighted by atomic mass is 19.1. The number of ether oxygens (including phenoxy) is 1. The number of allylic oxidation sites excluding steroid dienone is 1. The lowest BCUT2D eigenvalue weighted by Gasteiger charge is -2.17. The summed E-state index contributed by atoms with van der Waals surface area (Å²) in [6, 6.07) is 8.95. The molecule has 0 aliphatic rings. The molecule has 3 amide bonds. The summed E-state index contributed by atoms with van der Waals surface area (Å²) >= 11 is 0. The largest absolute Gasteiger partial charge is 0.453 e. The van der Waals surface area contributed by atoms with Crippen LogP contribution in [-0.2, 0) is 27.4 Å². The summed E-state index contributed by atoms with van der Waals surface area (Å²) < 4.78 is 35.1. The van der Waals surface area contributed by atoms with Crippen molar-refractivity contribution in [2.45, 2.75) is 32.0 Å². The molecule has 1 unspecified atom stereocenters. The molecular formula is C30H31F2N7O5. The van der Waals surface area contributed by atoms with Gasteiger partial charge in [0.1, 0.15) is 29.2 Å². The quantitative estimate of drug-likeness (QED) is 0.250. The molecule has 44 heavy (non-hydrogen) atoms. The molecule has 12 nitrogen and oxygen atoms in total. The molecule has 2 aromatic carbocycles. The van der Waals surface area contributed by atoms with Crippen LogP contribution in [0.5, 0.6) is 0 Å². The van der Waals surface area contributed by atoms with Crippen LogP contribution in [-0.4, -0.2) is 69.2 Å². The van der Waals surface area contributed by atoms with E-state index in [1.807, 2.05) is 0 Å². The number of hydrogen-bond acceptors (Lipinski definition) is 7. The molecule has 4 rings (SSSR count). The first-order valence-corrected chi connectivity index (χ1v) is 13.5. The van der Waals surface area contributed by atoms with E-state index in [1.165, 1.54) is 52.3 Å². The van der Waals surface area contributed by atoms with Gasteiger partial charge in [0.05, 0.1) is 37.2 Å². The minimum atomic E-state index is -1.09. The number of likely N-dealkylation sites (N-methyl/N-ethyl adjacent to an activating group) is 1. The molecule has 230 valence electrons. The van der Waals surface area contributed by atoms with E-state index in [0.29, 0.717) is 16.9 Å². The van der Waals surface area contributed by atoms with Gasteiger partial charge in [-0.05, 0) is 48.7 Å². The predicted octanol–water partition coefficient (Wildman–Crippen LogP) is 3.06. The second-order valence-electron chi connectivity index (χ2n) is 10.0. The zero-order valence-electron chi connectivity index (χ0n) is 24.3. The Bertz CT molecular complexity index is 1750. The number of aromatic nitrogens is 4. The third-order valence-corrected chi connectivity index (χ3v) is 6.63. The van der Waals surface area contributed by atoms with Crippen molar-refractivity contribution in [1.82, 2.24) is 29.3 Å². The Kier molecular flexibility index (Phi) is 10.2. The van der Waals surface area contributed by atoms with E-state index in [4.69, 9.17) is 0 Å². The van der Waals surface area contributed by atoms with E-state index in [1.54, 1.807) is 42.9 Å². The van der Waals surface area contributed by atoms with Crippen molar-refractivity contribution in [1.29, 1.82) is 0 Å². The second-order valence-corrected chi connectivity index (χ2v) is 10.0. The fourth-order valence-electron chi connectivity index (χ4n) is 4.31. The molecule has 2 heterocycles. The number of nitrogens with zero attached hydrogens (tertiary/aromatic N) is 5. The number of anilines is 1. The Labute approximate surface area is 251 Å². The summed E-state index contributed by atoms with van der Waals surface area (Å²) in [7, 11) is 4.35. The molecule has 0 aliphatic carbocycles. The number of carbonyl (C=O) groups is 3. The van der Waals surface area contributed by atoms with Gasteiger partial charge in [0.2, 0.25) is 11.8 Å². The topological polar surface area (TPSA) is 140 Å². The highest BCUT2D eigenvalue weighted by Crippen LogP contribution is 2.20. The van der Waals surface area contributed by atoms with Gasteiger partial charge >= 0.3 is 6.09 Å². The summed E-state index contributed by atoms with van der Waals surface area (Å²) in [4.78, 5) is 60.2. The van der Waals surface area contributed by atoms with Crippen LogP contribution in [0.1, 0.15) is 24.2 Å². The van der Waals surface area contributed by atoms with Crippen molar-refractivity contribution in [2.24, 2.45) is 0 Å². The molecular weight excluding hydrogens is 576 g/mol. The van der Waals surface area contributed by atoms with E-state index >= 15 is 0 Å². The van der Waals surface area contributed by atoms with Gasteiger partial charge < -0.3 is 24.8 Å². The molecule has 0 spiro atoms. The van der Waals surface area contributed by atoms with Gasteiger partial charge in [0.25, 0.3) is 5.56 Å². The number of rotatable bonds is 11. The van der Waals surface area contributed by atoms with E-state index in [-0.39, 0.29) is 43.3 Å². The SMILES string of the molecule is COC(=O)NC(CC/C=C/C(=O)N(C)C)C(=O)Nc1cncn(Cc2nc3cc(F)ccc3n2Cc2ccc(F)cc2)c1=O. The Morgan fingerprint density at radius 1 is 1.07 bits per heavy atom. The van der Waals surface area contributed by atoms with Crippen molar-refractivity contribution < 1.29 is 27.9 Å². The number of amides is 3. The van der Waals surface area contributed by atoms with E-state index in [0.717, 1.165) is 12.7 Å². The Balaban J connectivity index is 1.57. The van der Waals surface area contributed by atoms with Gasteiger partial charge in [-0.1, -0.05) is 18.2 Å². The van der Waals surface area contributed by atoms with Crippen molar-refractivity contribution in [2.75, 3.05) is 26.5 Å². The minimum Gasteiger partial charge on any atom is -0.453 e. The number of hydrogen-bond donors (Lipinski definition) is 2. The zero-order valence-corrected chi connectivity index (χ0v) is 24.3. The molecule has 0 fully saturated rings. The van der Waals surface area contributed by atoms with Crippen molar-refractivity contribution in [3.8, 4) is 0 Å². The number of alkyl carbamates (subject to hydrolysis) is 1. The number of fused-ring (bicyclic) bond motifs is 1. The minimum absolute atomic E-state index is 0.0818. The normalized spacial score (nSPS) is 11.8. The molecule has 1 atom stereocenters. The molecule has 0 aliphatic heterocycles. The van der Waals surface area contributed by atoms with E-state index < -0.39 is 29.4 Å². The van der Waals surface area contributed by atoms with Crippen LogP contribution in [0.3, 0.4) is 0 Å². The Morgan fingerprint density at radius 3 is 2.50 bits per heavy atom. The van der Waals surface area contributed by atoms with Crippen LogP contribution >= 0.6 is 0 Å². The second kappa shape index (κ2) is 14.2. The van der Waals surface area contributed by atoms with Gasteiger partial charge in [0, 0.05) is 26.7 Å². The maximum atomic E-state index is 14.0. The first kappa shape index (κ1) is 31.5. The summed E-state index contributed by atoms with van der Waals surface area (Å²) in [5.41, 5.74) is 0.973. The van der Waals surface area contributed by atoms with Gasteiger partial charge in [-0.3, -0.25) is 19.0 Å². The number of methoxy groups -OCH3 is 1. The van der Waals surface area contributed by atoms with Gasteiger partial charge in [0.15, 0.2) is 0 Å². The number of carbonyl (C=O) groups excluding carboxylic acids is 3. The summed E-state index contributed by atoms with van der Waals surface area (Å²) in [5, 5.41) is 4.94. The molecule has 4 aromatic rings. The van der Waals surface area contributed by atoms with Crippen LogP contribution in [0.15, 0.2) is 71.9 Å². The summed E-state index contributed by atoms with van der Waals surface area (Å²) in [6.45, 7) is 0.188. The van der Waals surface area contributed by atoms with E-state index in [9.17, 15) is 28.0 Å². The average molecular weight is 608 g/mol. The first-order chi connectivity index (χ1) is 21.0. The van der Waals surface area contributed by atoms with Crippen LogP contribution in [0.4, 0.5) is 19.3 Å². The van der Waals surface area contributed by atoms with Crippen LogP contribution in [0, 0.1) is 11.6 Å². The monoisotopic (exact) mass is 607 g/mol. The lowest BCUT2D eigenvalue weighted by Crippen LogP contribution is -2.44. The molecule has 0 bridgehead atoms. The van der Waals surface area contributed by atoms with Crippen molar-refractivity contribution in [3.05, 3.63) is 101 Å². The molecule has 0 saturated heterocycles. The molecule has 14 heteroatoms. The maximum Gasteiger partial charge on any atom is 0.407 e. The van der Waals surface area contributed by atoms with Crippen LogP contribution < -0.4 is 16.2 Å². The third kappa shape index (κ3) is 7.91. The number of imidazole rings is 1. The first-order valence-electron chi connectivity index (χ1n) is 13.5. The Morgan fingerprint density at radius 2 is 1.80 bits per heavy atom. The number of nitrogens with one attached hydrogen (secondary N) is 2. The van der Waals surface area contributed by atoms with Gasteiger partial charge in [-0.2, -0.15) is 0 Å². The third-order valence-electron chi connectivity index (χ3n) is 6.63. The lowest BCUT2D eigenvalue weighted by atomic mass is 10.1. The lowest BCUT2D eigenvalue weighted by molar-refractivity contribution is -0.123. The number of benzene rings is 2. The van der Waals surface area contributed by atoms with Crippen LogP contribution in [0.2, 0.25) is 0 Å². The zero-order chi connectivity index (χ0) is 31.8. The average Bonchev–Trinajstić information content (AvgIpc) is 3.32. The number of halogens is 2. The fraction of sp³-hybridized carbons (Fsp3) is 0.267.